The molecule has 4 nitrogen and oxygen atoms in total. The van der Waals surface area contributed by atoms with Crippen molar-refractivity contribution in [3.05, 3.63) is 82.5 Å². The number of carbonyl (C=O) groups is 2. The van der Waals surface area contributed by atoms with Gasteiger partial charge in [0.25, 0.3) is 0 Å². The topological polar surface area (TPSA) is 72.2 Å². The molecule has 3 aromatic rings. The Balaban J connectivity index is 1.73. The average molecular weight is 380 g/mol. The van der Waals surface area contributed by atoms with Crippen LogP contribution in [0.25, 0.3) is 16.5 Å². The Morgan fingerprint density at radius 2 is 1.85 bits per heavy atom. The van der Waals surface area contributed by atoms with Crippen molar-refractivity contribution in [3.63, 3.8) is 0 Å². The van der Waals surface area contributed by atoms with Crippen LogP contribution in [0.15, 0.2) is 60.7 Å². The fourth-order valence-electron chi connectivity index (χ4n) is 2.48. The quantitative estimate of drug-likeness (QED) is 0.634. The van der Waals surface area contributed by atoms with Crippen molar-refractivity contribution in [2.24, 2.45) is 5.73 Å². The minimum atomic E-state index is -0.757. The Bertz CT molecular complexity index is 1030. The molecule has 0 aliphatic carbocycles. The number of hydrogen-bond donors (Lipinski definition) is 2. The third-order valence-corrected chi connectivity index (χ3v) is 5.07. The first-order valence-electron chi connectivity index (χ1n) is 8.18. The van der Waals surface area contributed by atoms with E-state index in [0.717, 1.165) is 21.4 Å². The highest BCUT2D eigenvalue weighted by atomic mass is 32.1. The van der Waals surface area contributed by atoms with Crippen LogP contribution in [0, 0.1) is 12.7 Å². The molecule has 0 spiro atoms. The molecular formula is C21H17FN2O2S. The second-order valence-electron chi connectivity index (χ2n) is 5.89. The van der Waals surface area contributed by atoms with E-state index in [4.69, 9.17) is 5.73 Å². The van der Waals surface area contributed by atoms with E-state index < -0.39 is 17.6 Å². The van der Waals surface area contributed by atoms with Crippen LogP contribution in [0.2, 0.25) is 0 Å². The van der Waals surface area contributed by atoms with Crippen LogP contribution in [-0.2, 0) is 4.79 Å². The van der Waals surface area contributed by atoms with Gasteiger partial charge in [0.2, 0.25) is 11.8 Å². The van der Waals surface area contributed by atoms with Crippen LogP contribution in [0.3, 0.4) is 0 Å². The summed E-state index contributed by atoms with van der Waals surface area (Å²) in [5.74, 6) is -1.78. The molecule has 0 aliphatic heterocycles. The van der Waals surface area contributed by atoms with Gasteiger partial charge in [-0.2, -0.15) is 0 Å². The molecule has 136 valence electrons. The molecule has 6 heteroatoms. The Morgan fingerprint density at radius 1 is 1.11 bits per heavy atom. The van der Waals surface area contributed by atoms with E-state index in [0.29, 0.717) is 0 Å². The molecular weight excluding hydrogens is 363 g/mol. The minimum Gasteiger partial charge on any atom is -0.366 e. The van der Waals surface area contributed by atoms with Crippen LogP contribution in [0.5, 0.6) is 0 Å². The van der Waals surface area contributed by atoms with Gasteiger partial charge < -0.3 is 11.1 Å². The van der Waals surface area contributed by atoms with Gasteiger partial charge in [0.1, 0.15) is 5.82 Å². The molecule has 0 unspecified atom stereocenters. The van der Waals surface area contributed by atoms with Crippen LogP contribution in [0.1, 0.15) is 20.8 Å². The van der Waals surface area contributed by atoms with Crippen molar-refractivity contribution in [1.82, 2.24) is 0 Å². The number of nitrogens with two attached hydrogens (primary N) is 1. The first-order valence-corrected chi connectivity index (χ1v) is 9.00. The fraction of sp³-hybridized carbons (Fsp3) is 0.0476. The summed E-state index contributed by atoms with van der Waals surface area (Å²) in [6.07, 6.45) is 3.06. The van der Waals surface area contributed by atoms with Crippen molar-refractivity contribution in [2.45, 2.75) is 6.92 Å². The monoisotopic (exact) mass is 380 g/mol. The van der Waals surface area contributed by atoms with E-state index in [1.165, 1.54) is 19.1 Å². The third kappa shape index (κ3) is 4.48. The first kappa shape index (κ1) is 18.5. The van der Waals surface area contributed by atoms with E-state index in [9.17, 15) is 14.0 Å². The Morgan fingerprint density at radius 3 is 2.56 bits per heavy atom. The number of nitrogens with one attached hydrogen (secondary N) is 1. The summed E-state index contributed by atoms with van der Waals surface area (Å²) in [6.45, 7) is 1.52. The standard InChI is InChI=1S/C21H17FN2O2S/c1-13-17(22)11-15(21(23)26)12-18(13)24-20(25)10-8-16-7-9-19(27-16)14-5-3-2-4-6-14/h2-12H,1H3,(H2,23,26)(H,24,25). The van der Waals surface area contributed by atoms with Gasteiger partial charge in [-0.25, -0.2) is 4.39 Å². The first-order chi connectivity index (χ1) is 12.9. The summed E-state index contributed by atoms with van der Waals surface area (Å²) < 4.78 is 13.9. The summed E-state index contributed by atoms with van der Waals surface area (Å²) in [5, 5.41) is 2.59. The van der Waals surface area contributed by atoms with E-state index in [-0.39, 0.29) is 16.8 Å². The van der Waals surface area contributed by atoms with Gasteiger partial charge in [0, 0.05) is 32.6 Å². The summed E-state index contributed by atoms with van der Waals surface area (Å²) in [4.78, 5) is 25.5. The lowest BCUT2D eigenvalue weighted by molar-refractivity contribution is -0.111. The largest absolute Gasteiger partial charge is 0.366 e. The van der Waals surface area contributed by atoms with Crippen LogP contribution >= 0.6 is 11.3 Å². The zero-order chi connectivity index (χ0) is 19.4. The lowest BCUT2D eigenvalue weighted by Gasteiger charge is -2.09. The highest BCUT2D eigenvalue weighted by molar-refractivity contribution is 7.16. The van der Waals surface area contributed by atoms with Gasteiger partial charge >= 0.3 is 0 Å². The van der Waals surface area contributed by atoms with Crippen molar-refractivity contribution in [1.29, 1.82) is 0 Å². The van der Waals surface area contributed by atoms with E-state index in [1.807, 2.05) is 42.5 Å². The number of benzene rings is 2. The molecule has 0 saturated heterocycles. The summed E-state index contributed by atoms with van der Waals surface area (Å²) in [5.41, 5.74) is 6.76. The number of hydrogen-bond acceptors (Lipinski definition) is 3. The molecule has 2 amide bonds. The fourth-order valence-corrected chi connectivity index (χ4v) is 3.40. The Hall–Kier alpha value is -3.25. The SMILES string of the molecule is Cc1c(F)cc(C(N)=O)cc1NC(=O)C=Cc1ccc(-c2ccccc2)s1. The summed E-state index contributed by atoms with van der Waals surface area (Å²) >= 11 is 1.56. The molecule has 3 N–H and O–H groups in total. The van der Waals surface area contributed by atoms with Crippen LogP contribution < -0.4 is 11.1 Å². The van der Waals surface area contributed by atoms with Crippen LogP contribution in [0.4, 0.5) is 10.1 Å². The smallest absolute Gasteiger partial charge is 0.248 e. The van der Waals surface area contributed by atoms with E-state index in [2.05, 4.69) is 5.32 Å². The van der Waals surface area contributed by atoms with Crippen LogP contribution in [-0.4, -0.2) is 11.8 Å². The molecule has 3 rings (SSSR count). The van der Waals surface area contributed by atoms with Gasteiger partial charge in [-0.05, 0) is 42.8 Å². The molecule has 1 heterocycles. The predicted molar refractivity (Wildman–Crippen MR) is 107 cm³/mol. The summed E-state index contributed by atoms with van der Waals surface area (Å²) in [7, 11) is 0. The van der Waals surface area contributed by atoms with Crippen molar-refractivity contribution >= 4 is 34.9 Å². The number of primary amides is 1. The molecule has 0 saturated carbocycles. The number of amides is 2. The normalized spacial score (nSPS) is 10.9. The molecule has 0 fully saturated rings. The third-order valence-electron chi connectivity index (χ3n) is 3.97. The van der Waals surface area contributed by atoms with Crippen molar-refractivity contribution in [3.8, 4) is 10.4 Å². The Labute approximate surface area is 160 Å². The highest BCUT2D eigenvalue weighted by Crippen LogP contribution is 2.28. The van der Waals surface area contributed by atoms with Gasteiger partial charge in [-0.15, -0.1) is 11.3 Å². The number of rotatable bonds is 5. The lowest BCUT2D eigenvalue weighted by atomic mass is 10.1. The predicted octanol–water partition coefficient (Wildman–Crippen LogP) is 4.61. The maximum Gasteiger partial charge on any atom is 0.248 e. The summed E-state index contributed by atoms with van der Waals surface area (Å²) in [6, 6.07) is 16.3. The van der Waals surface area contributed by atoms with Crippen molar-refractivity contribution in [2.75, 3.05) is 5.32 Å². The van der Waals surface area contributed by atoms with E-state index in [1.54, 1.807) is 17.4 Å². The highest BCUT2D eigenvalue weighted by Gasteiger charge is 2.11. The van der Waals surface area contributed by atoms with Gasteiger partial charge in [0.15, 0.2) is 0 Å². The molecule has 0 atom stereocenters. The number of halogens is 1. The van der Waals surface area contributed by atoms with E-state index >= 15 is 0 Å². The van der Waals surface area contributed by atoms with Gasteiger partial charge in [-0.1, -0.05) is 30.3 Å². The molecule has 2 aromatic carbocycles. The second-order valence-corrected chi connectivity index (χ2v) is 7.00. The van der Waals surface area contributed by atoms with Gasteiger partial charge in [0.05, 0.1) is 0 Å². The number of carbonyl (C=O) groups excluding carboxylic acids is 2. The van der Waals surface area contributed by atoms with Gasteiger partial charge in [-0.3, -0.25) is 9.59 Å². The molecule has 0 aliphatic rings. The zero-order valence-electron chi connectivity index (χ0n) is 14.5. The zero-order valence-corrected chi connectivity index (χ0v) is 15.3. The maximum absolute atomic E-state index is 13.9. The molecule has 0 radical (unpaired) electrons. The van der Waals surface area contributed by atoms with Crippen molar-refractivity contribution < 1.29 is 14.0 Å². The maximum atomic E-state index is 13.9. The molecule has 27 heavy (non-hydrogen) atoms. The minimum absolute atomic E-state index is 0.00291. The Kier molecular flexibility index (Phi) is 5.47. The average Bonchev–Trinajstić information content (AvgIpc) is 3.13. The number of thiophene rings is 1. The molecule has 0 bridgehead atoms. The lowest BCUT2D eigenvalue weighted by Crippen LogP contribution is -2.14. The number of anilines is 1. The second kappa shape index (κ2) is 7.97. The molecule has 1 aromatic heterocycles.